The van der Waals surface area contributed by atoms with Gasteiger partial charge in [-0.1, -0.05) is 39.0 Å². The molecule has 2 aromatic carbocycles. The minimum atomic E-state index is 0.113. The summed E-state index contributed by atoms with van der Waals surface area (Å²) in [6.45, 7) is 6.59. The average molecular weight is 267 g/mol. The van der Waals surface area contributed by atoms with Crippen molar-refractivity contribution in [1.29, 1.82) is 5.41 Å². The van der Waals surface area contributed by atoms with E-state index in [2.05, 4.69) is 44.0 Å². The Labute approximate surface area is 120 Å². The second-order valence-corrected chi connectivity index (χ2v) is 6.00. The lowest BCUT2D eigenvalue weighted by Crippen LogP contribution is -2.15. The van der Waals surface area contributed by atoms with Gasteiger partial charge in [0.25, 0.3) is 0 Å². The van der Waals surface area contributed by atoms with Crippen LogP contribution in [0.3, 0.4) is 0 Å². The summed E-state index contributed by atoms with van der Waals surface area (Å²) < 4.78 is 0. The van der Waals surface area contributed by atoms with Crippen LogP contribution in [0.4, 0.5) is 0 Å². The van der Waals surface area contributed by atoms with Crippen molar-refractivity contribution in [1.82, 2.24) is 0 Å². The van der Waals surface area contributed by atoms with E-state index in [1.165, 1.54) is 11.8 Å². The number of nitrogens with one attached hydrogen (secondary N) is 1. The van der Waals surface area contributed by atoms with Crippen LogP contribution in [0.2, 0.25) is 0 Å². The predicted molar refractivity (Wildman–Crippen MR) is 87.2 cm³/mol. The highest BCUT2D eigenvalue weighted by Gasteiger charge is 2.14. The minimum absolute atomic E-state index is 0.113. The number of hydrogen-bond donors (Lipinski definition) is 2. The number of rotatable bonds is 2. The molecule has 0 radical (unpaired) electrons. The van der Waals surface area contributed by atoms with Gasteiger partial charge in [0.2, 0.25) is 0 Å². The van der Waals surface area contributed by atoms with E-state index in [1.54, 1.807) is 7.05 Å². The molecule has 0 aromatic heterocycles. The molecule has 0 unspecified atom stereocenters. The number of aliphatic imine (C=N–C) groups is 1. The molecule has 2 aromatic rings. The Hall–Kier alpha value is -2.16. The van der Waals surface area contributed by atoms with Crippen molar-refractivity contribution >= 4 is 22.8 Å². The Kier molecular flexibility index (Phi) is 3.62. The van der Waals surface area contributed by atoms with E-state index in [0.717, 1.165) is 21.9 Å². The Morgan fingerprint density at radius 1 is 1.15 bits per heavy atom. The highest BCUT2D eigenvalue weighted by Crippen LogP contribution is 2.27. The first-order valence-corrected chi connectivity index (χ1v) is 6.68. The number of nitrogens with two attached hydrogens (primary N) is 1. The summed E-state index contributed by atoms with van der Waals surface area (Å²) in [4.78, 5) is 4.02. The molecule has 2 rings (SSSR count). The molecule has 0 aliphatic carbocycles. The van der Waals surface area contributed by atoms with Crippen molar-refractivity contribution < 1.29 is 0 Å². The summed E-state index contributed by atoms with van der Waals surface area (Å²) >= 11 is 0. The second kappa shape index (κ2) is 5.08. The van der Waals surface area contributed by atoms with Crippen LogP contribution in [0.1, 0.15) is 37.5 Å². The summed E-state index contributed by atoms with van der Waals surface area (Å²) in [6, 6.07) is 10.5. The fourth-order valence-electron chi connectivity index (χ4n) is 2.24. The second-order valence-electron chi connectivity index (χ2n) is 6.00. The van der Waals surface area contributed by atoms with Crippen molar-refractivity contribution in [3.8, 4) is 0 Å². The van der Waals surface area contributed by atoms with E-state index < -0.39 is 0 Å². The Morgan fingerprint density at radius 2 is 1.85 bits per heavy atom. The summed E-state index contributed by atoms with van der Waals surface area (Å²) in [5, 5.41) is 9.81. The van der Waals surface area contributed by atoms with Gasteiger partial charge in [-0.15, -0.1) is 0 Å². The predicted octanol–water partition coefficient (Wildman–Crippen LogP) is 3.47. The van der Waals surface area contributed by atoms with Gasteiger partial charge < -0.3 is 11.1 Å². The summed E-state index contributed by atoms with van der Waals surface area (Å²) in [5.74, 6) is 0.463. The van der Waals surface area contributed by atoms with Gasteiger partial charge in [-0.2, -0.15) is 0 Å². The molecule has 0 saturated heterocycles. The number of fused-ring (bicyclic) bond motifs is 1. The van der Waals surface area contributed by atoms with Crippen LogP contribution in [-0.4, -0.2) is 19.1 Å². The lowest BCUT2D eigenvalue weighted by Gasteiger charge is -2.20. The number of benzene rings is 2. The van der Waals surface area contributed by atoms with Gasteiger partial charge in [-0.3, -0.25) is 4.99 Å². The molecular weight excluding hydrogens is 246 g/mol. The lowest BCUT2D eigenvalue weighted by atomic mass is 9.85. The van der Waals surface area contributed by atoms with Crippen molar-refractivity contribution in [2.45, 2.75) is 26.2 Å². The van der Waals surface area contributed by atoms with Crippen LogP contribution in [0.25, 0.3) is 10.8 Å². The molecular formula is C17H21N3. The van der Waals surface area contributed by atoms with Gasteiger partial charge >= 0.3 is 0 Å². The van der Waals surface area contributed by atoms with E-state index in [0.29, 0.717) is 5.84 Å². The first-order chi connectivity index (χ1) is 9.36. The van der Waals surface area contributed by atoms with Gasteiger partial charge in [0, 0.05) is 24.4 Å². The molecule has 0 amide bonds. The van der Waals surface area contributed by atoms with E-state index in [9.17, 15) is 0 Å². The van der Waals surface area contributed by atoms with Crippen LogP contribution in [0.5, 0.6) is 0 Å². The molecule has 0 saturated carbocycles. The summed E-state index contributed by atoms with van der Waals surface area (Å²) in [7, 11) is 1.66. The van der Waals surface area contributed by atoms with Gasteiger partial charge in [0.05, 0.1) is 0 Å². The van der Waals surface area contributed by atoms with Crippen LogP contribution in [-0.2, 0) is 5.41 Å². The zero-order valence-corrected chi connectivity index (χ0v) is 12.5. The summed E-state index contributed by atoms with van der Waals surface area (Å²) in [5.41, 5.74) is 8.92. The smallest absolute Gasteiger partial charge is 0.126 e. The van der Waals surface area contributed by atoms with Crippen molar-refractivity contribution in [2.75, 3.05) is 7.05 Å². The van der Waals surface area contributed by atoms with Gasteiger partial charge in [-0.05, 0) is 33.9 Å². The van der Waals surface area contributed by atoms with Crippen molar-refractivity contribution in [3.05, 3.63) is 47.0 Å². The fourth-order valence-corrected chi connectivity index (χ4v) is 2.24. The molecule has 0 aliphatic rings. The molecule has 104 valence electrons. The zero-order valence-electron chi connectivity index (χ0n) is 12.5. The molecule has 20 heavy (non-hydrogen) atoms. The molecule has 0 spiro atoms. The van der Waals surface area contributed by atoms with Crippen molar-refractivity contribution in [3.63, 3.8) is 0 Å². The van der Waals surface area contributed by atoms with Crippen molar-refractivity contribution in [2.24, 2.45) is 10.7 Å². The molecule has 0 fully saturated rings. The topological polar surface area (TPSA) is 62.2 Å². The normalized spacial score (nSPS) is 12.7. The first kappa shape index (κ1) is 14.3. The third-order valence-corrected chi connectivity index (χ3v) is 3.55. The number of nitrogens with zero attached hydrogens (tertiary/aromatic N) is 1. The monoisotopic (exact) mass is 267 g/mol. The summed E-state index contributed by atoms with van der Waals surface area (Å²) in [6.07, 6.45) is 1.33. The van der Waals surface area contributed by atoms with E-state index in [-0.39, 0.29) is 5.41 Å². The minimum Gasteiger partial charge on any atom is -0.383 e. The number of amidine groups is 1. The Balaban J connectivity index is 2.71. The molecule has 0 atom stereocenters. The third kappa shape index (κ3) is 2.57. The van der Waals surface area contributed by atoms with Gasteiger partial charge in [0.15, 0.2) is 0 Å². The molecule has 0 bridgehead atoms. The molecule has 3 N–H and O–H groups in total. The quantitative estimate of drug-likeness (QED) is 0.635. The standard InChI is InChI=1S/C17H21N3/c1-17(2,3)14-6-5-11-9-15(16(19)20-4)13(10-18)7-12(11)8-14/h5-10,18H,1-4H3,(H2,19,20). The molecule has 0 heterocycles. The maximum atomic E-state index is 7.57. The lowest BCUT2D eigenvalue weighted by molar-refractivity contribution is 0.591. The molecule has 0 aliphatic heterocycles. The van der Waals surface area contributed by atoms with E-state index in [1.807, 2.05) is 12.1 Å². The Bertz CT molecular complexity index is 691. The zero-order chi connectivity index (χ0) is 14.9. The highest BCUT2D eigenvalue weighted by molar-refractivity contribution is 6.07. The SMILES string of the molecule is CN=C(N)c1cc2ccc(C(C)(C)C)cc2cc1C=N. The number of hydrogen-bond acceptors (Lipinski definition) is 2. The van der Waals surface area contributed by atoms with E-state index >= 15 is 0 Å². The van der Waals surface area contributed by atoms with Gasteiger partial charge in [0.1, 0.15) is 5.84 Å². The van der Waals surface area contributed by atoms with Crippen LogP contribution in [0.15, 0.2) is 35.3 Å². The van der Waals surface area contributed by atoms with Crippen LogP contribution in [0, 0.1) is 5.41 Å². The molecule has 3 nitrogen and oxygen atoms in total. The Morgan fingerprint density at radius 3 is 2.40 bits per heavy atom. The third-order valence-electron chi connectivity index (χ3n) is 3.55. The van der Waals surface area contributed by atoms with E-state index in [4.69, 9.17) is 11.1 Å². The first-order valence-electron chi connectivity index (χ1n) is 6.68. The fraction of sp³-hybridized carbons (Fsp3) is 0.294. The van der Waals surface area contributed by atoms with Crippen LogP contribution < -0.4 is 5.73 Å². The largest absolute Gasteiger partial charge is 0.383 e. The maximum absolute atomic E-state index is 7.57. The van der Waals surface area contributed by atoms with Gasteiger partial charge in [-0.25, -0.2) is 0 Å². The highest BCUT2D eigenvalue weighted by atomic mass is 14.8. The molecule has 3 heteroatoms. The van der Waals surface area contributed by atoms with Crippen LogP contribution >= 0.6 is 0 Å². The maximum Gasteiger partial charge on any atom is 0.126 e. The average Bonchev–Trinajstić information content (AvgIpc) is 2.43.